The van der Waals surface area contributed by atoms with Crippen LogP contribution in [0.5, 0.6) is 5.75 Å². The molecule has 4 aromatic rings. The van der Waals surface area contributed by atoms with Crippen molar-refractivity contribution in [2.24, 2.45) is 0 Å². The third-order valence-electron chi connectivity index (χ3n) is 6.73. The second kappa shape index (κ2) is 12.1. The SMILES string of the molecule is O=C(NC1CCN(C(COc2cc(F)cc(F)c2)c2ccccc2)CC1)c1cnc(-c2cccc(F)c2)nc1. The second-order valence-corrected chi connectivity index (χ2v) is 9.43. The zero-order valence-electron chi connectivity index (χ0n) is 21.1. The molecule has 5 rings (SSSR count). The van der Waals surface area contributed by atoms with Crippen molar-refractivity contribution < 1.29 is 22.7 Å². The Morgan fingerprint density at radius 2 is 1.59 bits per heavy atom. The van der Waals surface area contributed by atoms with Gasteiger partial charge in [0.1, 0.15) is 29.8 Å². The van der Waals surface area contributed by atoms with E-state index in [0.717, 1.165) is 11.6 Å². The van der Waals surface area contributed by atoms with Gasteiger partial charge < -0.3 is 10.1 Å². The highest BCUT2D eigenvalue weighted by Crippen LogP contribution is 2.27. The highest BCUT2D eigenvalue weighted by atomic mass is 19.1. The van der Waals surface area contributed by atoms with Gasteiger partial charge in [-0.1, -0.05) is 42.5 Å². The van der Waals surface area contributed by atoms with Crippen LogP contribution in [0.3, 0.4) is 0 Å². The fourth-order valence-electron chi connectivity index (χ4n) is 4.72. The molecule has 0 radical (unpaired) electrons. The van der Waals surface area contributed by atoms with Crippen LogP contribution in [0.15, 0.2) is 85.2 Å². The van der Waals surface area contributed by atoms with Crippen LogP contribution in [0.2, 0.25) is 0 Å². The minimum absolute atomic E-state index is 0.0358. The van der Waals surface area contributed by atoms with Crippen LogP contribution in [-0.4, -0.2) is 46.5 Å². The summed E-state index contributed by atoms with van der Waals surface area (Å²) in [6, 6.07) is 18.8. The normalized spacial score (nSPS) is 15.1. The quantitative estimate of drug-likeness (QED) is 0.321. The van der Waals surface area contributed by atoms with Gasteiger partial charge in [0.15, 0.2) is 5.82 Å². The molecular weight excluding hydrogens is 505 g/mol. The van der Waals surface area contributed by atoms with E-state index < -0.39 is 11.6 Å². The minimum Gasteiger partial charge on any atom is -0.491 e. The van der Waals surface area contributed by atoms with Crippen molar-refractivity contribution in [3.05, 3.63) is 114 Å². The Bertz CT molecular complexity index is 1390. The maximum absolute atomic E-state index is 13.6. The summed E-state index contributed by atoms with van der Waals surface area (Å²) in [5, 5.41) is 3.05. The van der Waals surface area contributed by atoms with Gasteiger partial charge in [-0.3, -0.25) is 9.69 Å². The zero-order valence-corrected chi connectivity index (χ0v) is 21.1. The molecule has 1 N–H and O–H groups in total. The minimum atomic E-state index is -0.688. The molecule has 6 nitrogen and oxygen atoms in total. The summed E-state index contributed by atoms with van der Waals surface area (Å²) in [7, 11) is 0. The molecule has 1 amide bonds. The summed E-state index contributed by atoms with van der Waals surface area (Å²) in [5.74, 6) is -1.54. The van der Waals surface area contributed by atoms with Crippen molar-refractivity contribution in [1.29, 1.82) is 0 Å². The summed E-state index contributed by atoms with van der Waals surface area (Å²) in [6.07, 6.45) is 4.31. The van der Waals surface area contributed by atoms with E-state index in [4.69, 9.17) is 4.74 Å². The summed E-state index contributed by atoms with van der Waals surface area (Å²) < 4.78 is 46.5. The lowest BCUT2D eigenvalue weighted by Crippen LogP contribution is -2.46. The molecule has 1 atom stereocenters. The predicted molar refractivity (Wildman–Crippen MR) is 141 cm³/mol. The Balaban J connectivity index is 1.19. The van der Waals surface area contributed by atoms with Gasteiger partial charge in [0.2, 0.25) is 0 Å². The van der Waals surface area contributed by atoms with Gasteiger partial charge in [-0.05, 0) is 30.5 Å². The fraction of sp³-hybridized carbons (Fsp3) is 0.233. The first-order valence-corrected chi connectivity index (χ1v) is 12.7. The summed E-state index contributed by atoms with van der Waals surface area (Å²) in [4.78, 5) is 23.5. The molecule has 0 saturated carbocycles. The van der Waals surface area contributed by atoms with Crippen molar-refractivity contribution >= 4 is 5.91 Å². The van der Waals surface area contributed by atoms with Crippen LogP contribution in [0, 0.1) is 17.5 Å². The lowest BCUT2D eigenvalue weighted by atomic mass is 9.99. The first-order chi connectivity index (χ1) is 18.9. The summed E-state index contributed by atoms with van der Waals surface area (Å²) in [6.45, 7) is 1.61. The highest BCUT2D eigenvalue weighted by Gasteiger charge is 2.28. The number of carbonyl (C=O) groups excluding carboxylic acids is 1. The third kappa shape index (κ3) is 6.80. The van der Waals surface area contributed by atoms with Gasteiger partial charge in [0.25, 0.3) is 5.91 Å². The Morgan fingerprint density at radius 3 is 2.26 bits per heavy atom. The van der Waals surface area contributed by atoms with Crippen LogP contribution >= 0.6 is 0 Å². The number of halogens is 3. The van der Waals surface area contributed by atoms with Gasteiger partial charge >= 0.3 is 0 Å². The molecule has 1 unspecified atom stereocenters. The van der Waals surface area contributed by atoms with E-state index in [1.807, 2.05) is 30.3 Å². The van der Waals surface area contributed by atoms with E-state index in [1.165, 1.54) is 36.7 Å². The Kier molecular flexibility index (Phi) is 8.17. The Morgan fingerprint density at radius 1 is 0.897 bits per heavy atom. The van der Waals surface area contributed by atoms with Crippen molar-refractivity contribution in [3.8, 4) is 17.1 Å². The van der Waals surface area contributed by atoms with Crippen molar-refractivity contribution in [2.45, 2.75) is 24.9 Å². The largest absolute Gasteiger partial charge is 0.491 e. The molecule has 1 aromatic heterocycles. The predicted octanol–water partition coefficient (Wildman–Crippen LogP) is 5.58. The van der Waals surface area contributed by atoms with E-state index in [2.05, 4.69) is 20.2 Å². The van der Waals surface area contributed by atoms with Crippen molar-refractivity contribution in [3.63, 3.8) is 0 Å². The number of benzene rings is 3. The molecule has 9 heteroatoms. The molecule has 0 aliphatic carbocycles. The average Bonchev–Trinajstić information content (AvgIpc) is 2.94. The number of amides is 1. The van der Waals surface area contributed by atoms with E-state index in [-0.39, 0.29) is 36.2 Å². The lowest BCUT2D eigenvalue weighted by Gasteiger charge is -2.38. The Hall–Kier alpha value is -4.24. The number of nitrogens with one attached hydrogen (secondary N) is 1. The van der Waals surface area contributed by atoms with Crippen molar-refractivity contribution in [1.82, 2.24) is 20.2 Å². The number of likely N-dealkylation sites (tertiary alicyclic amines) is 1. The fourth-order valence-corrected chi connectivity index (χ4v) is 4.72. The third-order valence-corrected chi connectivity index (χ3v) is 6.73. The van der Waals surface area contributed by atoms with Gasteiger partial charge in [-0.25, -0.2) is 23.1 Å². The number of rotatable bonds is 8. The van der Waals surface area contributed by atoms with E-state index >= 15 is 0 Å². The number of nitrogens with zero attached hydrogens (tertiary/aromatic N) is 3. The maximum atomic E-state index is 13.6. The summed E-state index contributed by atoms with van der Waals surface area (Å²) in [5.41, 5.74) is 1.90. The number of aromatic nitrogens is 2. The molecule has 3 aromatic carbocycles. The van der Waals surface area contributed by atoms with Gasteiger partial charge in [-0.15, -0.1) is 0 Å². The van der Waals surface area contributed by atoms with E-state index in [1.54, 1.807) is 12.1 Å². The monoisotopic (exact) mass is 532 g/mol. The Labute approximate surface area is 224 Å². The van der Waals surface area contributed by atoms with E-state index in [0.29, 0.717) is 42.9 Å². The highest BCUT2D eigenvalue weighted by molar-refractivity contribution is 5.93. The van der Waals surface area contributed by atoms with Crippen LogP contribution < -0.4 is 10.1 Å². The molecule has 1 saturated heterocycles. The van der Waals surface area contributed by atoms with Crippen LogP contribution in [0.25, 0.3) is 11.4 Å². The van der Waals surface area contributed by atoms with Crippen LogP contribution in [-0.2, 0) is 0 Å². The molecule has 200 valence electrons. The number of hydrogen-bond donors (Lipinski definition) is 1. The number of ether oxygens (including phenoxy) is 1. The molecule has 39 heavy (non-hydrogen) atoms. The molecule has 1 aliphatic heterocycles. The molecular formula is C30H27F3N4O2. The average molecular weight is 533 g/mol. The maximum Gasteiger partial charge on any atom is 0.254 e. The van der Waals surface area contributed by atoms with Gasteiger partial charge in [-0.2, -0.15) is 0 Å². The number of hydrogen-bond acceptors (Lipinski definition) is 5. The van der Waals surface area contributed by atoms with E-state index in [9.17, 15) is 18.0 Å². The van der Waals surface area contributed by atoms with Crippen molar-refractivity contribution in [2.75, 3.05) is 19.7 Å². The van der Waals surface area contributed by atoms with Crippen LogP contribution in [0.4, 0.5) is 13.2 Å². The zero-order chi connectivity index (χ0) is 27.2. The first-order valence-electron chi connectivity index (χ1n) is 12.7. The van der Waals surface area contributed by atoms with Crippen LogP contribution in [0.1, 0.15) is 34.8 Å². The smallest absolute Gasteiger partial charge is 0.254 e. The topological polar surface area (TPSA) is 67.4 Å². The summed E-state index contributed by atoms with van der Waals surface area (Å²) >= 11 is 0. The molecule has 1 aliphatic rings. The van der Waals surface area contributed by atoms with Gasteiger partial charge in [0, 0.05) is 55.3 Å². The molecule has 2 heterocycles. The standard InChI is InChI=1S/C30H27F3N4O2/c31-23-8-4-7-21(13-23)29-34-17-22(18-35-29)30(38)36-26-9-11-37(12-10-26)28(20-5-2-1-3-6-20)19-39-27-15-24(32)14-25(33)16-27/h1-8,13-18,26,28H,9-12,19H2,(H,36,38). The lowest BCUT2D eigenvalue weighted by molar-refractivity contribution is 0.0836. The molecule has 0 bridgehead atoms. The number of piperidine rings is 1. The van der Waals surface area contributed by atoms with Gasteiger partial charge in [0.05, 0.1) is 11.6 Å². The molecule has 0 spiro atoms. The second-order valence-electron chi connectivity index (χ2n) is 9.43. The molecule has 1 fully saturated rings. The first kappa shape index (κ1) is 26.4. The number of carbonyl (C=O) groups is 1.